The fourth-order valence-electron chi connectivity index (χ4n) is 1.57. The molecule has 7 heteroatoms. The van der Waals surface area contributed by atoms with Gasteiger partial charge in [-0.1, -0.05) is 0 Å². The first-order valence-electron chi connectivity index (χ1n) is 5.55. The zero-order chi connectivity index (χ0) is 14.8. The molecule has 0 aliphatic carbocycles. The molecule has 106 valence electrons. The quantitative estimate of drug-likeness (QED) is 0.879. The van der Waals surface area contributed by atoms with Gasteiger partial charge in [0, 0.05) is 5.56 Å². The molecule has 20 heavy (non-hydrogen) atoms. The Bertz CT molecular complexity index is 605. The van der Waals surface area contributed by atoms with Crippen molar-refractivity contribution in [2.24, 2.45) is 0 Å². The predicted molar refractivity (Wildman–Crippen MR) is 61.3 cm³/mol. The van der Waals surface area contributed by atoms with Crippen LogP contribution in [0.5, 0.6) is 0 Å². The molecular formula is C13H9F4NO2. The Morgan fingerprint density at radius 1 is 1.25 bits per heavy atom. The first kappa shape index (κ1) is 14.1. The summed E-state index contributed by atoms with van der Waals surface area (Å²) >= 11 is 0. The summed E-state index contributed by atoms with van der Waals surface area (Å²) in [5.74, 6) is -1.71. The van der Waals surface area contributed by atoms with Gasteiger partial charge in [0.1, 0.15) is 11.6 Å². The molecule has 1 amide bonds. The van der Waals surface area contributed by atoms with Gasteiger partial charge in [-0.3, -0.25) is 4.79 Å². The highest BCUT2D eigenvalue weighted by molar-refractivity contribution is 5.94. The summed E-state index contributed by atoms with van der Waals surface area (Å²) in [7, 11) is 0. The Labute approximate surface area is 111 Å². The number of alkyl halides is 3. The van der Waals surface area contributed by atoms with Crippen LogP contribution >= 0.6 is 0 Å². The van der Waals surface area contributed by atoms with E-state index in [1.54, 1.807) is 12.1 Å². The van der Waals surface area contributed by atoms with E-state index < -0.39 is 23.5 Å². The van der Waals surface area contributed by atoms with E-state index in [0.717, 1.165) is 6.07 Å². The fraction of sp³-hybridized carbons (Fsp3) is 0.154. The van der Waals surface area contributed by atoms with E-state index in [1.165, 1.54) is 6.26 Å². The lowest BCUT2D eigenvalue weighted by atomic mass is 10.1. The average molecular weight is 287 g/mol. The van der Waals surface area contributed by atoms with Crippen LogP contribution < -0.4 is 5.32 Å². The number of hydrogen-bond acceptors (Lipinski definition) is 2. The molecule has 0 radical (unpaired) electrons. The van der Waals surface area contributed by atoms with E-state index in [-0.39, 0.29) is 12.1 Å². The molecule has 0 saturated heterocycles. The van der Waals surface area contributed by atoms with Crippen molar-refractivity contribution in [2.75, 3.05) is 0 Å². The molecule has 0 unspecified atom stereocenters. The van der Waals surface area contributed by atoms with Crippen LogP contribution in [0.2, 0.25) is 0 Å². The van der Waals surface area contributed by atoms with Crippen molar-refractivity contribution in [2.45, 2.75) is 12.7 Å². The van der Waals surface area contributed by atoms with Crippen LogP contribution in [0.15, 0.2) is 41.0 Å². The van der Waals surface area contributed by atoms with Crippen LogP contribution in [0.25, 0.3) is 0 Å². The highest BCUT2D eigenvalue weighted by Gasteiger charge is 2.34. The van der Waals surface area contributed by atoms with Gasteiger partial charge in [-0.25, -0.2) is 4.39 Å². The molecule has 0 aliphatic rings. The Balaban J connectivity index is 2.14. The molecule has 0 spiro atoms. The average Bonchev–Trinajstić information content (AvgIpc) is 2.88. The number of rotatable bonds is 3. The second kappa shape index (κ2) is 5.36. The van der Waals surface area contributed by atoms with Crippen molar-refractivity contribution in [3.05, 3.63) is 59.3 Å². The number of nitrogens with one attached hydrogen (secondary N) is 1. The third kappa shape index (κ3) is 3.17. The van der Waals surface area contributed by atoms with E-state index in [4.69, 9.17) is 4.42 Å². The van der Waals surface area contributed by atoms with E-state index in [0.29, 0.717) is 17.9 Å². The van der Waals surface area contributed by atoms with Gasteiger partial charge in [0.15, 0.2) is 0 Å². The minimum atomic E-state index is -4.85. The van der Waals surface area contributed by atoms with Crippen molar-refractivity contribution in [3.8, 4) is 0 Å². The predicted octanol–water partition coefficient (Wildman–Crippen LogP) is 3.37. The Morgan fingerprint density at radius 3 is 2.60 bits per heavy atom. The smallest absolute Gasteiger partial charge is 0.419 e. The molecule has 1 N–H and O–H groups in total. The standard InChI is InChI=1S/C13H9F4NO2/c14-11-4-3-8(6-10(11)13(15,16)17)12(19)18-7-9-2-1-5-20-9/h1-6H,7H2,(H,18,19). The molecule has 1 aromatic heterocycles. The highest BCUT2D eigenvalue weighted by atomic mass is 19.4. The van der Waals surface area contributed by atoms with Crippen molar-refractivity contribution in [3.63, 3.8) is 0 Å². The lowest BCUT2D eigenvalue weighted by molar-refractivity contribution is -0.140. The number of amides is 1. The number of furan rings is 1. The summed E-state index contributed by atoms with van der Waals surface area (Å²) in [6.45, 7) is 0.0323. The normalized spacial score (nSPS) is 11.4. The third-order valence-corrected chi connectivity index (χ3v) is 2.54. The second-order valence-corrected chi connectivity index (χ2v) is 3.95. The molecule has 1 aromatic carbocycles. The van der Waals surface area contributed by atoms with Crippen molar-refractivity contribution >= 4 is 5.91 Å². The van der Waals surface area contributed by atoms with E-state index in [2.05, 4.69) is 5.32 Å². The Hall–Kier alpha value is -2.31. The maximum Gasteiger partial charge on any atom is 0.419 e. The molecular weight excluding hydrogens is 278 g/mol. The molecule has 2 rings (SSSR count). The largest absolute Gasteiger partial charge is 0.467 e. The van der Waals surface area contributed by atoms with Crippen molar-refractivity contribution < 1.29 is 26.8 Å². The lowest BCUT2D eigenvalue weighted by Crippen LogP contribution is -2.23. The number of carbonyl (C=O) groups is 1. The molecule has 0 bridgehead atoms. The highest BCUT2D eigenvalue weighted by Crippen LogP contribution is 2.31. The van der Waals surface area contributed by atoms with Gasteiger partial charge in [0.2, 0.25) is 0 Å². The van der Waals surface area contributed by atoms with Crippen LogP contribution in [-0.2, 0) is 12.7 Å². The summed E-state index contributed by atoms with van der Waals surface area (Å²) in [4.78, 5) is 11.7. The molecule has 0 atom stereocenters. The molecule has 0 saturated carbocycles. The summed E-state index contributed by atoms with van der Waals surface area (Å²) in [5, 5.41) is 2.38. The first-order chi connectivity index (χ1) is 9.38. The zero-order valence-electron chi connectivity index (χ0n) is 10.00. The second-order valence-electron chi connectivity index (χ2n) is 3.95. The molecule has 0 fully saturated rings. The van der Waals surface area contributed by atoms with Gasteiger partial charge in [0.05, 0.1) is 18.4 Å². The van der Waals surface area contributed by atoms with E-state index in [9.17, 15) is 22.4 Å². The summed E-state index contributed by atoms with van der Waals surface area (Å²) < 4.78 is 55.6. The van der Waals surface area contributed by atoms with Crippen LogP contribution in [0.3, 0.4) is 0 Å². The van der Waals surface area contributed by atoms with Gasteiger partial charge in [-0.05, 0) is 30.3 Å². The SMILES string of the molecule is O=C(NCc1ccco1)c1ccc(F)c(C(F)(F)F)c1. The third-order valence-electron chi connectivity index (χ3n) is 2.54. The van der Waals surface area contributed by atoms with Crippen LogP contribution in [0, 0.1) is 5.82 Å². The molecule has 1 heterocycles. The van der Waals surface area contributed by atoms with Crippen LogP contribution in [-0.4, -0.2) is 5.91 Å². The minimum Gasteiger partial charge on any atom is -0.467 e. The number of benzene rings is 1. The zero-order valence-corrected chi connectivity index (χ0v) is 10.00. The maximum atomic E-state index is 13.1. The van der Waals surface area contributed by atoms with Crippen LogP contribution in [0.4, 0.5) is 17.6 Å². The Morgan fingerprint density at radius 2 is 2.00 bits per heavy atom. The summed E-state index contributed by atoms with van der Waals surface area (Å²) in [6, 6.07) is 5.30. The number of carbonyl (C=O) groups excluding carboxylic acids is 1. The van der Waals surface area contributed by atoms with Gasteiger partial charge >= 0.3 is 6.18 Å². The maximum absolute atomic E-state index is 13.1. The van der Waals surface area contributed by atoms with E-state index >= 15 is 0 Å². The van der Waals surface area contributed by atoms with Crippen LogP contribution in [0.1, 0.15) is 21.7 Å². The first-order valence-corrected chi connectivity index (χ1v) is 5.55. The van der Waals surface area contributed by atoms with Gasteiger partial charge in [-0.15, -0.1) is 0 Å². The van der Waals surface area contributed by atoms with Crippen molar-refractivity contribution in [1.29, 1.82) is 0 Å². The van der Waals surface area contributed by atoms with Gasteiger partial charge < -0.3 is 9.73 Å². The fourth-order valence-corrected chi connectivity index (χ4v) is 1.57. The lowest BCUT2D eigenvalue weighted by Gasteiger charge is -2.10. The molecule has 0 aliphatic heterocycles. The summed E-state index contributed by atoms with van der Waals surface area (Å²) in [5.41, 5.74) is -1.74. The molecule has 2 aromatic rings. The van der Waals surface area contributed by atoms with Crippen molar-refractivity contribution in [1.82, 2.24) is 5.32 Å². The summed E-state index contributed by atoms with van der Waals surface area (Å²) in [6.07, 6.45) is -3.44. The topological polar surface area (TPSA) is 42.2 Å². The number of halogens is 4. The van der Waals surface area contributed by atoms with E-state index in [1.807, 2.05) is 0 Å². The monoisotopic (exact) mass is 287 g/mol. The number of hydrogen-bond donors (Lipinski definition) is 1. The molecule has 3 nitrogen and oxygen atoms in total. The van der Waals surface area contributed by atoms with Gasteiger partial charge in [-0.2, -0.15) is 13.2 Å². The Kier molecular flexibility index (Phi) is 3.78. The minimum absolute atomic E-state index is 0.0323. The van der Waals surface area contributed by atoms with Gasteiger partial charge in [0.25, 0.3) is 5.91 Å².